The van der Waals surface area contributed by atoms with Crippen LogP contribution in [0.1, 0.15) is 55.9 Å². The average molecular weight is 383 g/mol. The van der Waals surface area contributed by atoms with E-state index in [1.807, 2.05) is 6.20 Å². The van der Waals surface area contributed by atoms with E-state index in [4.69, 9.17) is 4.98 Å². The van der Waals surface area contributed by atoms with Crippen molar-refractivity contribution in [3.8, 4) is 16.9 Å². The number of pyridine rings is 1. The molecule has 0 aliphatic heterocycles. The summed E-state index contributed by atoms with van der Waals surface area (Å²) in [5.41, 5.74) is 10.2. The highest BCUT2D eigenvalue weighted by Crippen LogP contribution is 2.31. The Hall–Kier alpha value is -2.87. The maximum absolute atomic E-state index is 4.92. The molecule has 4 rings (SSSR count). The zero-order valence-corrected chi connectivity index (χ0v) is 18.2. The van der Waals surface area contributed by atoms with Crippen LogP contribution < -0.4 is 0 Å². The molecular weight excluding hydrogens is 352 g/mol. The van der Waals surface area contributed by atoms with Crippen LogP contribution in [0.4, 0.5) is 0 Å². The lowest BCUT2D eigenvalue weighted by atomic mass is 9.94. The molecule has 2 heterocycles. The van der Waals surface area contributed by atoms with E-state index in [1.165, 1.54) is 38.9 Å². The molecule has 0 bridgehead atoms. The number of aryl methyl sites for hydroxylation is 3. The molecule has 0 saturated heterocycles. The Balaban J connectivity index is 1.86. The summed E-state index contributed by atoms with van der Waals surface area (Å²) in [5.74, 6) is 0.513. The first-order chi connectivity index (χ1) is 14.0. The Morgan fingerprint density at radius 2 is 1.66 bits per heavy atom. The molecule has 148 valence electrons. The molecule has 4 aromatic rings. The quantitative estimate of drug-likeness (QED) is 0.355. The second-order valence-corrected chi connectivity index (χ2v) is 8.17. The lowest BCUT2D eigenvalue weighted by Crippen LogP contribution is -1.99. The van der Waals surface area contributed by atoms with Crippen LogP contribution in [0.2, 0.25) is 0 Å². The van der Waals surface area contributed by atoms with Gasteiger partial charge in [-0.1, -0.05) is 58.0 Å². The molecule has 0 radical (unpaired) electrons. The normalized spacial score (nSPS) is 11.5. The summed E-state index contributed by atoms with van der Waals surface area (Å²) in [7, 11) is 0. The largest absolute Gasteiger partial charge is 0.315 e. The first kappa shape index (κ1) is 19.4. The van der Waals surface area contributed by atoms with Crippen LogP contribution in [0.15, 0.2) is 60.9 Å². The number of hydrogen-bond acceptors (Lipinski definition) is 1. The van der Waals surface area contributed by atoms with Gasteiger partial charge < -0.3 is 4.57 Å². The molecule has 0 amide bonds. The molecule has 2 nitrogen and oxygen atoms in total. The van der Waals surface area contributed by atoms with Gasteiger partial charge in [-0.2, -0.15) is 0 Å². The van der Waals surface area contributed by atoms with Crippen molar-refractivity contribution in [2.24, 2.45) is 0 Å². The third kappa shape index (κ3) is 3.48. The van der Waals surface area contributed by atoms with E-state index in [1.54, 1.807) is 0 Å². The second-order valence-electron chi connectivity index (χ2n) is 8.17. The molecular formula is C27H30N2. The standard InChI is InChI=1S/C27H30N2/c1-6-20-9-8-10-21(7-2)27(20)24-15-23-13-14-29(26(23)17-28-24)25-16-22(18(3)4)12-11-19(25)5/h8-18H,6-7H2,1-5H3. The Morgan fingerprint density at radius 1 is 0.931 bits per heavy atom. The van der Waals surface area contributed by atoms with Gasteiger partial charge in [0, 0.05) is 22.8 Å². The highest BCUT2D eigenvalue weighted by atomic mass is 15.0. The summed E-state index contributed by atoms with van der Waals surface area (Å²) < 4.78 is 2.28. The molecule has 0 aliphatic carbocycles. The number of rotatable bonds is 5. The van der Waals surface area contributed by atoms with Gasteiger partial charge in [-0.3, -0.25) is 4.98 Å². The zero-order valence-electron chi connectivity index (χ0n) is 18.2. The maximum Gasteiger partial charge on any atom is 0.0715 e. The number of benzene rings is 2. The van der Waals surface area contributed by atoms with Gasteiger partial charge in [0.1, 0.15) is 0 Å². The number of hydrogen-bond donors (Lipinski definition) is 0. The van der Waals surface area contributed by atoms with E-state index < -0.39 is 0 Å². The van der Waals surface area contributed by atoms with Crippen LogP contribution in [0.5, 0.6) is 0 Å². The van der Waals surface area contributed by atoms with Crippen LogP contribution in [0.3, 0.4) is 0 Å². The Morgan fingerprint density at radius 3 is 2.31 bits per heavy atom. The minimum atomic E-state index is 0.513. The van der Waals surface area contributed by atoms with Gasteiger partial charge in [-0.05, 0) is 66.1 Å². The van der Waals surface area contributed by atoms with Gasteiger partial charge in [-0.15, -0.1) is 0 Å². The van der Waals surface area contributed by atoms with Gasteiger partial charge in [0.05, 0.1) is 17.4 Å². The predicted octanol–water partition coefficient (Wildman–Crippen LogP) is 7.25. The summed E-state index contributed by atoms with van der Waals surface area (Å²) in [4.78, 5) is 4.92. The van der Waals surface area contributed by atoms with E-state index in [0.29, 0.717) is 5.92 Å². The number of fused-ring (bicyclic) bond motifs is 1. The smallest absolute Gasteiger partial charge is 0.0715 e. The summed E-state index contributed by atoms with van der Waals surface area (Å²) in [6.07, 6.45) is 6.25. The summed E-state index contributed by atoms with van der Waals surface area (Å²) in [6, 6.07) is 17.9. The number of nitrogens with zero attached hydrogens (tertiary/aromatic N) is 2. The molecule has 29 heavy (non-hydrogen) atoms. The Bertz CT molecular complexity index is 1140. The highest BCUT2D eigenvalue weighted by Gasteiger charge is 2.13. The van der Waals surface area contributed by atoms with E-state index in [-0.39, 0.29) is 0 Å². The zero-order chi connectivity index (χ0) is 20.5. The molecule has 0 fully saturated rings. The minimum absolute atomic E-state index is 0.513. The van der Waals surface area contributed by atoms with Gasteiger partial charge in [0.25, 0.3) is 0 Å². The summed E-state index contributed by atoms with van der Waals surface area (Å²) >= 11 is 0. The molecule has 2 aromatic heterocycles. The van der Waals surface area contributed by atoms with Crippen molar-refractivity contribution >= 4 is 10.9 Å². The molecule has 0 saturated carbocycles. The van der Waals surface area contributed by atoms with Crippen LogP contribution in [0.25, 0.3) is 27.8 Å². The molecule has 2 heteroatoms. The van der Waals surface area contributed by atoms with Crippen LogP contribution >= 0.6 is 0 Å². The molecule has 2 aromatic carbocycles. The SMILES string of the molecule is CCc1cccc(CC)c1-c1cc2ccn(-c3cc(C(C)C)ccc3C)c2cn1. The van der Waals surface area contributed by atoms with Crippen molar-refractivity contribution in [3.63, 3.8) is 0 Å². The average Bonchev–Trinajstić information content (AvgIpc) is 3.16. The summed E-state index contributed by atoms with van der Waals surface area (Å²) in [6.45, 7) is 11.1. The molecule has 0 N–H and O–H groups in total. The number of aromatic nitrogens is 2. The minimum Gasteiger partial charge on any atom is -0.315 e. The second kappa shape index (κ2) is 7.87. The van der Waals surface area contributed by atoms with E-state index in [9.17, 15) is 0 Å². The molecule has 0 unspecified atom stereocenters. The predicted molar refractivity (Wildman–Crippen MR) is 124 cm³/mol. The molecule has 0 atom stereocenters. The Labute approximate surface area is 174 Å². The topological polar surface area (TPSA) is 17.8 Å². The van der Waals surface area contributed by atoms with E-state index in [2.05, 4.69) is 93.9 Å². The van der Waals surface area contributed by atoms with Crippen molar-refractivity contribution in [1.82, 2.24) is 9.55 Å². The van der Waals surface area contributed by atoms with Crippen LogP contribution in [-0.4, -0.2) is 9.55 Å². The Kier molecular flexibility index (Phi) is 5.27. The van der Waals surface area contributed by atoms with Crippen LogP contribution in [0, 0.1) is 6.92 Å². The third-order valence-electron chi connectivity index (χ3n) is 5.99. The van der Waals surface area contributed by atoms with Gasteiger partial charge >= 0.3 is 0 Å². The highest BCUT2D eigenvalue weighted by molar-refractivity contribution is 5.86. The van der Waals surface area contributed by atoms with Crippen molar-refractivity contribution < 1.29 is 0 Å². The van der Waals surface area contributed by atoms with Crippen LogP contribution in [-0.2, 0) is 12.8 Å². The summed E-state index contributed by atoms with van der Waals surface area (Å²) in [5, 5.41) is 1.23. The first-order valence-corrected chi connectivity index (χ1v) is 10.7. The maximum atomic E-state index is 4.92. The van der Waals surface area contributed by atoms with Crippen molar-refractivity contribution in [2.45, 2.75) is 53.4 Å². The molecule has 0 spiro atoms. The van der Waals surface area contributed by atoms with Gasteiger partial charge in [-0.25, -0.2) is 0 Å². The lowest BCUT2D eigenvalue weighted by Gasteiger charge is -2.15. The third-order valence-corrected chi connectivity index (χ3v) is 5.99. The fourth-order valence-corrected chi connectivity index (χ4v) is 4.20. The van der Waals surface area contributed by atoms with Gasteiger partial charge in [0.2, 0.25) is 0 Å². The van der Waals surface area contributed by atoms with E-state index in [0.717, 1.165) is 24.1 Å². The molecule has 0 aliphatic rings. The van der Waals surface area contributed by atoms with Crippen molar-refractivity contribution in [3.05, 3.63) is 83.2 Å². The van der Waals surface area contributed by atoms with Gasteiger partial charge in [0.15, 0.2) is 0 Å². The van der Waals surface area contributed by atoms with Crippen molar-refractivity contribution in [1.29, 1.82) is 0 Å². The first-order valence-electron chi connectivity index (χ1n) is 10.7. The van der Waals surface area contributed by atoms with E-state index >= 15 is 0 Å². The van der Waals surface area contributed by atoms with Crippen molar-refractivity contribution in [2.75, 3.05) is 0 Å². The fourth-order valence-electron chi connectivity index (χ4n) is 4.20. The monoisotopic (exact) mass is 382 g/mol. The lowest BCUT2D eigenvalue weighted by molar-refractivity contribution is 0.862. The fraction of sp³-hybridized carbons (Fsp3) is 0.296.